The van der Waals surface area contributed by atoms with E-state index in [1.54, 1.807) is 30.3 Å². The molecule has 3 amide bonds. The van der Waals surface area contributed by atoms with E-state index in [0.29, 0.717) is 5.69 Å². The highest BCUT2D eigenvalue weighted by Gasteiger charge is 2.37. The molecule has 0 atom stereocenters. The van der Waals surface area contributed by atoms with Crippen molar-refractivity contribution in [3.8, 4) is 0 Å². The van der Waals surface area contributed by atoms with Gasteiger partial charge in [-0.05, 0) is 36.6 Å². The van der Waals surface area contributed by atoms with Crippen LogP contribution >= 0.6 is 11.8 Å². The Hall–Kier alpha value is -3.13. The van der Waals surface area contributed by atoms with Crippen LogP contribution in [0.5, 0.6) is 0 Å². The van der Waals surface area contributed by atoms with Crippen LogP contribution in [-0.4, -0.2) is 53.0 Å². The van der Waals surface area contributed by atoms with Gasteiger partial charge in [-0.15, -0.1) is 11.8 Å². The molecule has 0 spiro atoms. The van der Waals surface area contributed by atoms with Crippen LogP contribution in [0.4, 0.5) is 5.69 Å². The predicted molar refractivity (Wildman–Crippen MR) is 100 cm³/mol. The number of carbonyl (C=O) groups excluding carboxylic acids is 3. The van der Waals surface area contributed by atoms with Gasteiger partial charge in [0.2, 0.25) is 5.91 Å². The predicted octanol–water partition coefficient (Wildman–Crippen LogP) is 2.12. The highest BCUT2D eigenvalue weighted by Crippen LogP contribution is 2.25. The smallest absolute Gasteiger partial charge is 0.323 e. The van der Waals surface area contributed by atoms with E-state index >= 15 is 0 Å². The zero-order valence-electron chi connectivity index (χ0n) is 14.4. The van der Waals surface area contributed by atoms with Crippen LogP contribution in [0.1, 0.15) is 20.7 Å². The largest absolute Gasteiger partial charge is 0.480 e. The van der Waals surface area contributed by atoms with Crippen molar-refractivity contribution >= 4 is 41.1 Å². The number of benzene rings is 2. The molecule has 0 aromatic heterocycles. The van der Waals surface area contributed by atoms with Crippen molar-refractivity contribution in [1.82, 2.24) is 4.90 Å². The van der Waals surface area contributed by atoms with Crippen LogP contribution in [0.3, 0.4) is 0 Å². The van der Waals surface area contributed by atoms with Crippen molar-refractivity contribution in [3.63, 3.8) is 0 Å². The third-order valence-corrected chi connectivity index (χ3v) is 4.86. The lowest BCUT2D eigenvalue weighted by Gasteiger charge is -2.23. The van der Waals surface area contributed by atoms with Gasteiger partial charge < -0.3 is 5.11 Å². The standard InChI is InChI=1S/C19H16N2O5S/c1-27-13-6-4-5-12(9-13)20(11-17(23)24)16(22)10-21-18(25)14-7-2-3-8-15(14)19(21)26/h2-9H,10-11H2,1H3,(H,23,24). The summed E-state index contributed by atoms with van der Waals surface area (Å²) in [4.78, 5) is 51.7. The average Bonchev–Trinajstić information content (AvgIpc) is 2.91. The summed E-state index contributed by atoms with van der Waals surface area (Å²) in [5, 5.41) is 9.18. The Balaban J connectivity index is 1.86. The van der Waals surface area contributed by atoms with Gasteiger partial charge in [-0.3, -0.25) is 29.0 Å². The van der Waals surface area contributed by atoms with Gasteiger partial charge in [-0.1, -0.05) is 18.2 Å². The number of carboxylic acid groups (broad SMARTS) is 1. The molecular formula is C19H16N2O5S. The maximum absolute atomic E-state index is 12.8. The Morgan fingerprint density at radius 2 is 1.67 bits per heavy atom. The third kappa shape index (κ3) is 3.70. The molecule has 138 valence electrons. The van der Waals surface area contributed by atoms with Gasteiger partial charge in [0.15, 0.2) is 0 Å². The molecule has 1 N–H and O–H groups in total. The molecule has 1 heterocycles. The maximum Gasteiger partial charge on any atom is 0.323 e. The van der Waals surface area contributed by atoms with Crippen molar-refractivity contribution < 1.29 is 24.3 Å². The van der Waals surface area contributed by atoms with Crippen molar-refractivity contribution in [2.24, 2.45) is 0 Å². The van der Waals surface area contributed by atoms with E-state index in [2.05, 4.69) is 0 Å². The molecule has 2 aromatic rings. The van der Waals surface area contributed by atoms with E-state index in [-0.39, 0.29) is 11.1 Å². The van der Waals surface area contributed by atoms with Gasteiger partial charge in [0.25, 0.3) is 11.8 Å². The summed E-state index contributed by atoms with van der Waals surface area (Å²) in [6, 6.07) is 13.2. The molecule has 0 saturated carbocycles. The second-order valence-corrected chi connectivity index (χ2v) is 6.70. The van der Waals surface area contributed by atoms with Crippen molar-refractivity contribution in [3.05, 3.63) is 59.7 Å². The number of anilines is 1. The Kier molecular flexibility index (Phi) is 5.27. The van der Waals surface area contributed by atoms with E-state index in [1.165, 1.54) is 23.9 Å². The molecule has 8 heteroatoms. The first-order valence-electron chi connectivity index (χ1n) is 8.04. The molecule has 0 radical (unpaired) electrons. The zero-order chi connectivity index (χ0) is 19.6. The summed E-state index contributed by atoms with van der Waals surface area (Å²) >= 11 is 1.45. The number of aliphatic carboxylic acids is 1. The number of amides is 3. The van der Waals surface area contributed by atoms with Crippen LogP contribution in [0, 0.1) is 0 Å². The lowest BCUT2D eigenvalue weighted by Crippen LogP contribution is -2.44. The average molecular weight is 384 g/mol. The van der Waals surface area contributed by atoms with Crippen molar-refractivity contribution in [1.29, 1.82) is 0 Å². The highest BCUT2D eigenvalue weighted by molar-refractivity contribution is 7.98. The lowest BCUT2D eigenvalue weighted by molar-refractivity contribution is -0.136. The molecule has 27 heavy (non-hydrogen) atoms. The molecule has 0 aliphatic carbocycles. The molecular weight excluding hydrogens is 368 g/mol. The molecule has 1 aliphatic rings. The van der Waals surface area contributed by atoms with E-state index < -0.39 is 36.8 Å². The van der Waals surface area contributed by atoms with Gasteiger partial charge in [0.05, 0.1) is 11.1 Å². The fourth-order valence-corrected chi connectivity index (χ4v) is 3.29. The highest BCUT2D eigenvalue weighted by atomic mass is 32.2. The number of fused-ring (bicyclic) bond motifs is 1. The number of carboxylic acids is 1. The van der Waals surface area contributed by atoms with Gasteiger partial charge in [0, 0.05) is 10.6 Å². The Labute approximate surface area is 159 Å². The van der Waals surface area contributed by atoms with Gasteiger partial charge >= 0.3 is 5.97 Å². The number of carbonyl (C=O) groups is 4. The lowest BCUT2D eigenvalue weighted by atomic mass is 10.1. The monoisotopic (exact) mass is 384 g/mol. The van der Waals surface area contributed by atoms with Crippen LogP contribution in [0.25, 0.3) is 0 Å². The van der Waals surface area contributed by atoms with Gasteiger partial charge in [-0.2, -0.15) is 0 Å². The summed E-state index contributed by atoms with van der Waals surface area (Å²) in [7, 11) is 0. The number of hydrogen-bond acceptors (Lipinski definition) is 5. The summed E-state index contributed by atoms with van der Waals surface area (Å²) in [6.07, 6.45) is 1.86. The topological polar surface area (TPSA) is 95.0 Å². The molecule has 0 bridgehead atoms. The first kappa shape index (κ1) is 18.7. The van der Waals surface area contributed by atoms with Crippen LogP contribution < -0.4 is 4.90 Å². The minimum atomic E-state index is -1.19. The fraction of sp³-hybridized carbons (Fsp3) is 0.158. The van der Waals surface area contributed by atoms with E-state index in [0.717, 1.165) is 14.7 Å². The molecule has 2 aromatic carbocycles. The summed E-state index contributed by atoms with van der Waals surface area (Å²) < 4.78 is 0. The molecule has 0 fully saturated rings. The molecule has 7 nitrogen and oxygen atoms in total. The first-order valence-corrected chi connectivity index (χ1v) is 9.26. The summed E-state index contributed by atoms with van der Waals surface area (Å²) in [5.41, 5.74) is 0.875. The van der Waals surface area contributed by atoms with Crippen LogP contribution in [0.2, 0.25) is 0 Å². The van der Waals surface area contributed by atoms with E-state index in [1.807, 2.05) is 12.3 Å². The minimum absolute atomic E-state index is 0.240. The van der Waals surface area contributed by atoms with Gasteiger partial charge in [0.1, 0.15) is 13.1 Å². The molecule has 0 saturated heterocycles. The zero-order valence-corrected chi connectivity index (χ0v) is 15.2. The van der Waals surface area contributed by atoms with Crippen LogP contribution in [-0.2, 0) is 9.59 Å². The quantitative estimate of drug-likeness (QED) is 0.606. The Bertz CT molecular complexity index is 908. The second kappa shape index (κ2) is 7.63. The fourth-order valence-electron chi connectivity index (χ4n) is 2.84. The Morgan fingerprint density at radius 3 is 2.22 bits per heavy atom. The number of thioether (sulfide) groups is 1. The Morgan fingerprint density at radius 1 is 1.04 bits per heavy atom. The molecule has 3 rings (SSSR count). The van der Waals surface area contributed by atoms with Gasteiger partial charge in [-0.25, -0.2) is 0 Å². The first-order chi connectivity index (χ1) is 12.9. The number of rotatable bonds is 6. The number of nitrogens with zero attached hydrogens (tertiary/aromatic N) is 2. The molecule has 1 aliphatic heterocycles. The number of hydrogen-bond donors (Lipinski definition) is 1. The molecule has 0 unspecified atom stereocenters. The minimum Gasteiger partial charge on any atom is -0.480 e. The SMILES string of the molecule is CSc1cccc(N(CC(=O)O)C(=O)CN2C(=O)c3ccccc3C2=O)c1. The normalized spacial score (nSPS) is 12.9. The second-order valence-electron chi connectivity index (χ2n) is 5.82. The summed E-state index contributed by atoms with van der Waals surface area (Å²) in [5.74, 6) is -2.96. The van der Waals surface area contributed by atoms with E-state index in [4.69, 9.17) is 0 Å². The van der Waals surface area contributed by atoms with Crippen molar-refractivity contribution in [2.45, 2.75) is 4.90 Å². The third-order valence-electron chi connectivity index (χ3n) is 4.13. The number of imide groups is 1. The maximum atomic E-state index is 12.8. The van der Waals surface area contributed by atoms with Crippen LogP contribution in [0.15, 0.2) is 53.4 Å². The van der Waals surface area contributed by atoms with Crippen molar-refractivity contribution in [2.75, 3.05) is 24.2 Å². The van der Waals surface area contributed by atoms with E-state index in [9.17, 15) is 24.3 Å². The summed E-state index contributed by atoms with van der Waals surface area (Å²) in [6.45, 7) is -1.09.